The van der Waals surface area contributed by atoms with E-state index in [1.165, 1.54) is 5.57 Å². The Morgan fingerprint density at radius 1 is 1.11 bits per heavy atom. The molecule has 0 fully saturated rings. The highest BCUT2D eigenvalue weighted by Gasteiger charge is 2.38. The highest BCUT2D eigenvalue weighted by atomic mass is 28.4. The third-order valence-corrected chi connectivity index (χ3v) is 4.89. The summed E-state index contributed by atoms with van der Waals surface area (Å²) in [7, 11) is 2.20. The second-order valence-electron chi connectivity index (χ2n) is 5.67. The molecule has 0 saturated carbocycles. The minimum absolute atomic E-state index is 0.345. The van der Waals surface area contributed by atoms with Crippen molar-refractivity contribution in [2.24, 2.45) is 5.41 Å². The second-order valence-corrected chi connectivity index (χ2v) is 8.36. The molecule has 0 aromatic carbocycles. The van der Waals surface area contributed by atoms with Gasteiger partial charge in [0.1, 0.15) is 0 Å². The molecule has 0 unspecified atom stereocenters. The van der Waals surface area contributed by atoms with Gasteiger partial charge < -0.3 is 13.3 Å². The summed E-state index contributed by atoms with van der Waals surface area (Å²) in [6.07, 6.45) is 4.33. The molecule has 0 spiro atoms. The predicted molar refractivity (Wildman–Crippen MR) is 77.2 cm³/mol. The highest BCUT2D eigenvalue weighted by Crippen LogP contribution is 2.23. The molecule has 0 aromatic rings. The monoisotopic (exact) mass is 275 g/mol. The maximum atomic E-state index is 5.29. The van der Waals surface area contributed by atoms with E-state index in [1.807, 2.05) is 0 Å². The average Bonchev–Trinajstić information content (AvgIpc) is 2.28. The number of nitrogens with one attached hydrogen (secondary N) is 1. The fourth-order valence-electron chi connectivity index (χ4n) is 1.92. The van der Waals surface area contributed by atoms with E-state index in [9.17, 15) is 0 Å². The molecule has 0 radical (unpaired) electrons. The predicted octanol–water partition coefficient (Wildman–Crippen LogP) is 2.72. The summed E-state index contributed by atoms with van der Waals surface area (Å²) in [4.78, 5) is 3.23. The lowest BCUT2D eigenvalue weighted by molar-refractivity contribution is 0.110. The number of rotatable bonds is 8. The van der Waals surface area contributed by atoms with Gasteiger partial charge in [-0.1, -0.05) is 32.4 Å². The standard InChI is InChI=1S/C13H29NO3Si/c1-12(11-13(2,3)4)9-8-10-14-18(15-5,16-6)17-7/h9,14H,8,10-11H2,1-7H3. The average molecular weight is 275 g/mol. The van der Waals surface area contributed by atoms with Crippen molar-refractivity contribution in [3.8, 4) is 0 Å². The molecule has 4 nitrogen and oxygen atoms in total. The minimum Gasteiger partial charge on any atom is -0.364 e. The zero-order valence-electron chi connectivity index (χ0n) is 12.9. The van der Waals surface area contributed by atoms with Crippen LogP contribution in [0.5, 0.6) is 0 Å². The summed E-state index contributed by atoms with van der Waals surface area (Å²) in [5, 5.41) is 0. The smallest absolute Gasteiger partial charge is 0.364 e. The summed E-state index contributed by atoms with van der Waals surface area (Å²) < 4.78 is 15.9. The van der Waals surface area contributed by atoms with Gasteiger partial charge in [-0.25, -0.2) is 0 Å². The van der Waals surface area contributed by atoms with E-state index in [1.54, 1.807) is 21.3 Å². The third-order valence-electron chi connectivity index (χ3n) is 2.59. The van der Waals surface area contributed by atoms with Crippen molar-refractivity contribution in [1.29, 1.82) is 0 Å². The van der Waals surface area contributed by atoms with Gasteiger partial charge in [0.15, 0.2) is 0 Å². The topological polar surface area (TPSA) is 39.7 Å². The second kappa shape index (κ2) is 8.07. The van der Waals surface area contributed by atoms with Crippen LogP contribution in [-0.2, 0) is 13.3 Å². The molecule has 0 aromatic heterocycles. The summed E-state index contributed by atoms with van der Waals surface area (Å²) in [6, 6.07) is 0. The molecule has 0 atom stereocenters. The Bertz CT molecular complexity index is 249. The van der Waals surface area contributed by atoms with Crippen molar-refractivity contribution >= 4 is 8.97 Å². The van der Waals surface area contributed by atoms with Gasteiger partial charge in [0.2, 0.25) is 0 Å². The van der Waals surface area contributed by atoms with Crippen LogP contribution in [0.25, 0.3) is 0 Å². The Hall–Kier alpha value is -0.203. The van der Waals surface area contributed by atoms with E-state index in [2.05, 4.69) is 38.8 Å². The largest absolute Gasteiger partial charge is 0.596 e. The molecule has 0 amide bonds. The molecular formula is C13H29NO3Si. The van der Waals surface area contributed by atoms with Gasteiger partial charge >= 0.3 is 8.97 Å². The first kappa shape index (κ1) is 17.8. The molecular weight excluding hydrogens is 246 g/mol. The summed E-state index contributed by atoms with van der Waals surface area (Å²) in [6.45, 7) is 9.73. The molecule has 18 heavy (non-hydrogen) atoms. The number of allylic oxidation sites excluding steroid dienone is 1. The lowest BCUT2D eigenvalue weighted by atomic mass is 9.88. The lowest BCUT2D eigenvalue weighted by Gasteiger charge is -2.24. The lowest BCUT2D eigenvalue weighted by Crippen LogP contribution is -2.57. The molecule has 0 bridgehead atoms. The summed E-state index contributed by atoms with van der Waals surface area (Å²) in [5.74, 6) is 0. The summed E-state index contributed by atoms with van der Waals surface area (Å²) in [5.41, 5.74) is 1.77. The maximum Gasteiger partial charge on any atom is 0.596 e. The first-order valence-corrected chi connectivity index (χ1v) is 8.07. The molecule has 0 heterocycles. The van der Waals surface area contributed by atoms with Crippen LogP contribution in [0, 0.1) is 5.41 Å². The first-order chi connectivity index (χ1) is 8.28. The van der Waals surface area contributed by atoms with Crippen molar-refractivity contribution in [2.45, 2.75) is 40.5 Å². The van der Waals surface area contributed by atoms with Crippen molar-refractivity contribution in [3.63, 3.8) is 0 Å². The van der Waals surface area contributed by atoms with Crippen LogP contribution in [0.1, 0.15) is 40.5 Å². The van der Waals surface area contributed by atoms with Gasteiger partial charge in [0.25, 0.3) is 0 Å². The van der Waals surface area contributed by atoms with E-state index >= 15 is 0 Å². The number of hydrogen-bond donors (Lipinski definition) is 1. The molecule has 0 aliphatic carbocycles. The van der Waals surface area contributed by atoms with E-state index in [4.69, 9.17) is 13.3 Å². The molecule has 5 heteroatoms. The molecule has 0 rings (SSSR count). The van der Waals surface area contributed by atoms with E-state index < -0.39 is 8.97 Å². The van der Waals surface area contributed by atoms with Crippen molar-refractivity contribution in [2.75, 3.05) is 27.9 Å². The van der Waals surface area contributed by atoms with Gasteiger partial charge in [0, 0.05) is 21.3 Å². The van der Waals surface area contributed by atoms with Crippen LogP contribution in [-0.4, -0.2) is 36.8 Å². The molecule has 0 aliphatic heterocycles. The highest BCUT2D eigenvalue weighted by molar-refractivity contribution is 6.57. The Morgan fingerprint density at radius 3 is 2.00 bits per heavy atom. The van der Waals surface area contributed by atoms with Crippen molar-refractivity contribution in [3.05, 3.63) is 11.6 Å². The van der Waals surface area contributed by atoms with Gasteiger partial charge in [-0.15, -0.1) is 0 Å². The molecule has 0 saturated heterocycles. The van der Waals surface area contributed by atoms with Gasteiger partial charge in [0.05, 0.1) is 0 Å². The fraction of sp³-hybridized carbons (Fsp3) is 0.846. The molecule has 0 aliphatic rings. The van der Waals surface area contributed by atoms with E-state index in [0.29, 0.717) is 5.41 Å². The third kappa shape index (κ3) is 7.28. The normalized spacial score (nSPS) is 14.1. The van der Waals surface area contributed by atoms with Crippen molar-refractivity contribution < 1.29 is 13.3 Å². The maximum absolute atomic E-state index is 5.29. The van der Waals surface area contributed by atoms with E-state index in [0.717, 1.165) is 19.4 Å². The Morgan fingerprint density at radius 2 is 1.61 bits per heavy atom. The Balaban J connectivity index is 4.08. The van der Waals surface area contributed by atoms with Crippen LogP contribution in [0.15, 0.2) is 11.6 Å². The van der Waals surface area contributed by atoms with Crippen LogP contribution in [0.3, 0.4) is 0 Å². The zero-order chi connectivity index (χ0) is 14.2. The van der Waals surface area contributed by atoms with E-state index in [-0.39, 0.29) is 0 Å². The van der Waals surface area contributed by atoms with Crippen LogP contribution in [0.2, 0.25) is 0 Å². The SMILES string of the molecule is CO[Si](NCCC=C(C)CC(C)(C)C)(OC)OC. The first-order valence-electron chi connectivity index (χ1n) is 6.34. The quantitative estimate of drug-likeness (QED) is 0.420. The minimum atomic E-state index is -2.62. The van der Waals surface area contributed by atoms with Crippen molar-refractivity contribution in [1.82, 2.24) is 4.98 Å². The van der Waals surface area contributed by atoms with Crippen LogP contribution < -0.4 is 4.98 Å². The molecule has 1 N–H and O–H groups in total. The Labute approximate surface area is 113 Å². The zero-order valence-corrected chi connectivity index (χ0v) is 13.9. The van der Waals surface area contributed by atoms with Gasteiger partial charge in [-0.05, 0) is 31.7 Å². The summed E-state index contributed by atoms with van der Waals surface area (Å²) >= 11 is 0. The van der Waals surface area contributed by atoms with Crippen LogP contribution in [0.4, 0.5) is 0 Å². The fourth-order valence-corrected chi connectivity index (χ4v) is 3.30. The van der Waals surface area contributed by atoms with Crippen LogP contribution >= 0.6 is 0 Å². The number of hydrogen-bond acceptors (Lipinski definition) is 4. The Kier molecular flexibility index (Phi) is 7.97. The van der Waals surface area contributed by atoms with Gasteiger partial charge in [-0.3, -0.25) is 4.98 Å². The van der Waals surface area contributed by atoms with Gasteiger partial charge in [-0.2, -0.15) is 0 Å². The molecule has 108 valence electrons.